The maximum atomic E-state index is 11.1. The predicted octanol–water partition coefficient (Wildman–Crippen LogP) is 2.82. The Morgan fingerprint density at radius 3 is 2.80 bits per heavy atom. The van der Waals surface area contributed by atoms with Gasteiger partial charge in [0.2, 0.25) is 0 Å². The van der Waals surface area contributed by atoms with Gasteiger partial charge in [0.25, 0.3) is 0 Å². The van der Waals surface area contributed by atoms with Gasteiger partial charge >= 0.3 is 5.97 Å². The standard InChI is InChI=1S/C15H18N2O2S/c1-11-14(20-10-16-11)9-17(2)8-7-12-5-3-4-6-13(12)15(18)19/h3-6,10H,7-9H2,1-2H3,(H,18,19). The van der Waals surface area contributed by atoms with Crippen molar-refractivity contribution >= 4 is 17.3 Å². The number of carbonyl (C=O) groups is 1. The molecule has 0 aliphatic rings. The molecule has 0 amide bonds. The molecule has 1 aromatic carbocycles. The number of aromatic nitrogens is 1. The van der Waals surface area contributed by atoms with Crippen LogP contribution in [0, 0.1) is 6.92 Å². The van der Waals surface area contributed by atoms with Gasteiger partial charge in [0.1, 0.15) is 0 Å². The number of carboxylic acid groups (broad SMARTS) is 1. The zero-order valence-corrected chi connectivity index (χ0v) is 12.5. The summed E-state index contributed by atoms with van der Waals surface area (Å²) in [6.07, 6.45) is 0.733. The van der Waals surface area contributed by atoms with Crippen LogP contribution in [-0.2, 0) is 13.0 Å². The third-order valence-electron chi connectivity index (χ3n) is 3.27. The Bertz CT molecular complexity index is 595. The van der Waals surface area contributed by atoms with Crippen molar-refractivity contribution < 1.29 is 9.90 Å². The molecule has 0 saturated heterocycles. The van der Waals surface area contributed by atoms with Crippen LogP contribution in [-0.4, -0.2) is 34.6 Å². The van der Waals surface area contributed by atoms with Crippen molar-refractivity contribution in [2.24, 2.45) is 0 Å². The normalized spacial score (nSPS) is 10.9. The fourth-order valence-electron chi connectivity index (χ4n) is 2.06. The molecule has 0 aliphatic carbocycles. The number of benzene rings is 1. The average Bonchev–Trinajstić information content (AvgIpc) is 2.82. The Balaban J connectivity index is 1.95. The van der Waals surface area contributed by atoms with Crippen molar-refractivity contribution in [2.45, 2.75) is 19.9 Å². The van der Waals surface area contributed by atoms with E-state index in [4.69, 9.17) is 5.11 Å². The molecule has 1 aromatic heterocycles. The lowest BCUT2D eigenvalue weighted by Gasteiger charge is -2.16. The van der Waals surface area contributed by atoms with Crippen LogP contribution in [0.25, 0.3) is 0 Å². The van der Waals surface area contributed by atoms with Gasteiger partial charge in [-0.15, -0.1) is 11.3 Å². The molecule has 0 fully saturated rings. The Kier molecular flexibility index (Phi) is 4.87. The highest BCUT2D eigenvalue weighted by atomic mass is 32.1. The van der Waals surface area contributed by atoms with E-state index < -0.39 is 5.97 Å². The molecule has 0 atom stereocenters. The molecule has 2 rings (SSSR count). The smallest absolute Gasteiger partial charge is 0.335 e. The first-order valence-electron chi connectivity index (χ1n) is 6.46. The largest absolute Gasteiger partial charge is 0.478 e. The van der Waals surface area contributed by atoms with E-state index in [1.165, 1.54) is 4.88 Å². The van der Waals surface area contributed by atoms with Crippen molar-refractivity contribution in [1.29, 1.82) is 0 Å². The first kappa shape index (κ1) is 14.7. The first-order valence-corrected chi connectivity index (χ1v) is 7.34. The van der Waals surface area contributed by atoms with Gasteiger partial charge in [-0.2, -0.15) is 0 Å². The number of hydrogen-bond donors (Lipinski definition) is 1. The third-order valence-corrected chi connectivity index (χ3v) is 4.19. The molecule has 4 nitrogen and oxygen atoms in total. The predicted molar refractivity (Wildman–Crippen MR) is 80.3 cm³/mol. The van der Waals surface area contributed by atoms with Crippen molar-refractivity contribution in [3.05, 3.63) is 51.5 Å². The van der Waals surface area contributed by atoms with E-state index in [0.29, 0.717) is 5.56 Å². The highest BCUT2D eigenvalue weighted by molar-refractivity contribution is 7.09. The minimum Gasteiger partial charge on any atom is -0.478 e. The lowest BCUT2D eigenvalue weighted by Crippen LogP contribution is -2.21. The second-order valence-electron chi connectivity index (χ2n) is 4.81. The minimum atomic E-state index is -0.860. The summed E-state index contributed by atoms with van der Waals surface area (Å²) >= 11 is 1.66. The molecule has 5 heteroatoms. The molecule has 0 radical (unpaired) electrons. The molecule has 0 aliphatic heterocycles. The summed E-state index contributed by atoms with van der Waals surface area (Å²) in [5, 5.41) is 9.15. The molecular weight excluding hydrogens is 272 g/mol. The Morgan fingerprint density at radius 2 is 2.15 bits per heavy atom. The average molecular weight is 290 g/mol. The number of thiazole rings is 1. The van der Waals surface area contributed by atoms with Crippen LogP contribution in [0.1, 0.15) is 26.5 Å². The number of nitrogens with zero attached hydrogens (tertiary/aromatic N) is 2. The Hall–Kier alpha value is -1.72. The van der Waals surface area contributed by atoms with Gasteiger partial charge in [-0.3, -0.25) is 0 Å². The molecule has 0 saturated carbocycles. The molecule has 1 N–H and O–H groups in total. The number of rotatable bonds is 6. The summed E-state index contributed by atoms with van der Waals surface area (Å²) in [7, 11) is 2.04. The summed E-state index contributed by atoms with van der Waals surface area (Å²) in [6.45, 7) is 3.69. The molecule has 2 aromatic rings. The number of likely N-dealkylation sites (N-methyl/N-ethyl adjacent to an activating group) is 1. The van der Waals surface area contributed by atoms with Crippen LogP contribution in [0.4, 0.5) is 0 Å². The van der Waals surface area contributed by atoms with Crippen molar-refractivity contribution in [1.82, 2.24) is 9.88 Å². The number of aryl methyl sites for hydroxylation is 1. The van der Waals surface area contributed by atoms with Gasteiger partial charge < -0.3 is 10.0 Å². The van der Waals surface area contributed by atoms with Gasteiger partial charge in [0.15, 0.2) is 0 Å². The molecule has 106 valence electrons. The third kappa shape index (κ3) is 3.65. The first-order chi connectivity index (χ1) is 9.58. The van der Waals surface area contributed by atoms with Crippen LogP contribution in [0.15, 0.2) is 29.8 Å². The second-order valence-corrected chi connectivity index (χ2v) is 5.75. The number of carboxylic acids is 1. The molecular formula is C15H18N2O2S. The Morgan fingerprint density at radius 1 is 1.40 bits per heavy atom. The summed E-state index contributed by atoms with van der Waals surface area (Å²) in [6, 6.07) is 7.19. The molecule has 0 spiro atoms. The van der Waals surface area contributed by atoms with E-state index in [2.05, 4.69) is 9.88 Å². The lowest BCUT2D eigenvalue weighted by atomic mass is 10.0. The monoisotopic (exact) mass is 290 g/mol. The maximum absolute atomic E-state index is 11.1. The quantitative estimate of drug-likeness (QED) is 0.889. The topological polar surface area (TPSA) is 53.4 Å². The summed E-state index contributed by atoms with van der Waals surface area (Å²) in [4.78, 5) is 18.8. The maximum Gasteiger partial charge on any atom is 0.335 e. The van der Waals surface area contributed by atoms with Crippen LogP contribution in [0.5, 0.6) is 0 Å². The van der Waals surface area contributed by atoms with E-state index in [1.807, 2.05) is 31.6 Å². The van der Waals surface area contributed by atoms with Gasteiger partial charge in [0.05, 0.1) is 16.8 Å². The van der Waals surface area contributed by atoms with Crippen molar-refractivity contribution in [3.8, 4) is 0 Å². The van der Waals surface area contributed by atoms with E-state index in [-0.39, 0.29) is 0 Å². The van der Waals surface area contributed by atoms with Crippen LogP contribution in [0.2, 0.25) is 0 Å². The summed E-state index contributed by atoms with van der Waals surface area (Å²) < 4.78 is 0. The molecule has 0 unspecified atom stereocenters. The number of aromatic carboxylic acids is 1. The minimum absolute atomic E-state index is 0.398. The van der Waals surface area contributed by atoms with Gasteiger partial charge in [0, 0.05) is 18.0 Å². The van der Waals surface area contributed by atoms with Crippen LogP contribution >= 0.6 is 11.3 Å². The van der Waals surface area contributed by atoms with E-state index in [0.717, 1.165) is 30.8 Å². The van der Waals surface area contributed by atoms with Gasteiger partial charge in [-0.25, -0.2) is 9.78 Å². The van der Waals surface area contributed by atoms with Crippen molar-refractivity contribution in [2.75, 3.05) is 13.6 Å². The van der Waals surface area contributed by atoms with E-state index >= 15 is 0 Å². The molecule has 0 bridgehead atoms. The zero-order valence-electron chi connectivity index (χ0n) is 11.7. The number of hydrogen-bond acceptors (Lipinski definition) is 4. The van der Waals surface area contributed by atoms with Crippen molar-refractivity contribution in [3.63, 3.8) is 0 Å². The lowest BCUT2D eigenvalue weighted by molar-refractivity contribution is 0.0695. The second kappa shape index (κ2) is 6.63. The van der Waals surface area contributed by atoms with Gasteiger partial charge in [-0.1, -0.05) is 18.2 Å². The highest BCUT2D eigenvalue weighted by Crippen LogP contribution is 2.15. The SMILES string of the molecule is Cc1ncsc1CN(C)CCc1ccccc1C(=O)O. The fraction of sp³-hybridized carbons (Fsp3) is 0.333. The van der Waals surface area contributed by atoms with Crippen LogP contribution in [0.3, 0.4) is 0 Å². The zero-order chi connectivity index (χ0) is 14.5. The van der Waals surface area contributed by atoms with Gasteiger partial charge in [-0.05, 0) is 32.0 Å². The van der Waals surface area contributed by atoms with E-state index in [9.17, 15) is 4.79 Å². The summed E-state index contributed by atoms with van der Waals surface area (Å²) in [5.41, 5.74) is 4.22. The van der Waals surface area contributed by atoms with Crippen LogP contribution < -0.4 is 0 Å². The Labute approximate surface area is 122 Å². The highest BCUT2D eigenvalue weighted by Gasteiger charge is 2.10. The van der Waals surface area contributed by atoms with E-state index in [1.54, 1.807) is 23.5 Å². The summed E-state index contributed by atoms with van der Waals surface area (Å²) in [5.74, 6) is -0.860. The fourth-order valence-corrected chi connectivity index (χ4v) is 2.92. The molecule has 20 heavy (non-hydrogen) atoms. The molecule has 1 heterocycles.